The van der Waals surface area contributed by atoms with Crippen LogP contribution in [-0.4, -0.2) is 20.6 Å². The summed E-state index contributed by atoms with van der Waals surface area (Å²) in [6, 6.07) is 20.1. The maximum Gasteiger partial charge on any atom is 0.253 e. The molecule has 0 aromatic heterocycles. The third-order valence-corrected chi connectivity index (χ3v) is 6.81. The van der Waals surface area contributed by atoms with Crippen molar-refractivity contribution in [2.75, 3.05) is 10.6 Å². The third-order valence-electron chi connectivity index (χ3n) is 5.68. The molecule has 3 rings (SSSR count). The minimum absolute atomic E-state index is 0.149. The largest absolute Gasteiger partial charge is 0.345 e. The number of benzene rings is 3. The summed E-state index contributed by atoms with van der Waals surface area (Å²) >= 11 is 0. The Morgan fingerprint density at radius 3 is 2.16 bits per heavy atom. The molecule has 0 saturated carbocycles. The molecule has 0 heterocycles. The Labute approximate surface area is 191 Å². The molecule has 0 unspecified atom stereocenters. The van der Waals surface area contributed by atoms with E-state index in [0.29, 0.717) is 11.3 Å². The van der Waals surface area contributed by atoms with Crippen LogP contribution in [0, 0.1) is 20.8 Å². The van der Waals surface area contributed by atoms with Gasteiger partial charge in [0.1, 0.15) is 0 Å². The third kappa shape index (κ3) is 5.37. The van der Waals surface area contributed by atoms with E-state index in [0.717, 1.165) is 22.9 Å². The number of hydrogen-bond donors (Lipinski definition) is 1. The highest BCUT2D eigenvalue weighted by Gasteiger charge is 2.24. The molecule has 1 atom stereocenters. The maximum absolute atomic E-state index is 13.3. The second kappa shape index (κ2) is 9.57. The lowest BCUT2D eigenvalue weighted by Crippen LogP contribution is -2.33. The van der Waals surface area contributed by atoms with Gasteiger partial charge in [0, 0.05) is 0 Å². The van der Waals surface area contributed by atoms with Crippen molar-refractivity contribution < 1.29 is 13.2 Å². The molecular weight excluding hydrogens is 420 g/mol. The van der Waals surface area contributed by atoms with Crippen molar-refractivity contribution >= 4 is 21.6 Å². The molecule has 0 fully saturated rings. The Kier molecular flexibility index (Phi) is 7.04. The molecule has 0 bridgehead atoms. The lowest BCUT2D eigenvalue weighted by molar-refractivity contribution is 0.0940. The first-order valence-electron chi connectivity index (χ1n) is 10.6. The van der Waals surface area contributed by atoms with Crippen molar-refractivity contribution in [1.29, 1.82) is 0 Å². The van der Waals surface area contributed by atoms with Gasteiger partial charge in [-0.15, -0.1) is 0 Å². The molecule has 168 valence electrons. The quantitative estimate of drug-likeness (QED) is 0.547. The van der Waals surface area contributed by atoms with Gasteiger partial charge >= 0.3 is 0 Å². The number of para-hydroxylation sites is 1. The van der Waals surface area contributed by atoms with Gasteiger partial charge in [0.25, 0.3) is 5.91 Å². The fraction of sp³-hybridized carbons (Fsp3) is 0.269. The van der Waals surface area contributed by atoms with Crippen molar-refractivity contribution in [3.63, 3.8) is 0 Å². The predicted molar refractivity (Wildman–Crippen MR) is 130 cm³/mol. The van der Waals surface area contributed by atoms with Gasteiger partial charge in [0.15, 0.2) is 0 Å². The van der Waals surface area contributed by atoms with E-state index in [4.69, 9.17) is 0 Å². The highest BCUT2D eigenvalue weighted by molar-refractivity contribution is 7.92. The normalized spacial score (nSPS) is 12.3. The average Bonchev–Trinajstić information content (AvgIpc) is 2.74. The van der Waals surface area contributed by atoms with Crippen LogP contribution in [0.25, 0.3) is 0 Å². The summed E-state index contributed by atoms with van der Waals surface area (Å²) in [5.74, 6) is -0.313. The zero-order chi connectivity index (χ0) is 23.5. The molecule has 0 aliphatic heterocycles. The van der Waals surface area contributed by atoms with Crippen molar-refractivity contribution in [3.05, 3.63) is 100 Å². The number of carbonyl (C=O) groups is 1. The van der Waals surface area contributed by atoms with E-state index >= 15 is 0 Å². The van der Waals surface area contributed by atoms with Crippen LogP contribution in [0.2, 0.25) is 0 Å². The van der Waals surface area contributed by atoms with E-state index in [1.54, 1.807) is 24.3 Å². The Bertz CT molecular complexity index is 1220. The number of sulfonamides is 1. The summed E-state index contributed by atoms with van der Waals surface area (Å²) in [6.45, 7) is 8.24. The number of anilines is 1. The lowest BCUT2D eigenvalue weighted by Gasteiger charge is -2.25. The molecule has 6 heteroatoms. The lowest BCUT2D eigenvalue weighted by atomic mass is 9.96. The maximum atomic E-state index is 13.3. The van der Waals surface area contributed by atoms with E-state index in [1.807, 2.05) is 44.2 Å². The second-order valence-corrected chi connectivity index (χ2v) is 10.2. The molecule has 0 aliphatic rings. The van der Waals surface area contributed by atoms with Gasteiger partial charge < -0.3 is 5.32 Å². The second-order valence-electron chi connectivity index (χ2n) is 8.26. The standard InChI is InChI=1S/C26H30N2O3S/c1-18-15-20(3)24(16-19(18)2)21(4)27-26(29)23-13-9-10-14-25(23)28(32(5,30)31)17-22-11-7-6-8-12-22/h6-16,21H,17H2,1-5H3,(H,27,29)/t21-/m1/s1. The molecule has 1 N–H and O–H groups in total. The van der Waals surface area contributed by atoms with Crippen molar-refractivity contribution in [2.24, 2.45) is 0 Å². The number of hydrogen-bond acceptors (Lipinski definition) is 3. The van der Waals surface area contributed by atoms with Crippen LogP contribution in [0.5, 0.6) is 0 Å². The molecule has 5 nitrogen and oxygen atoms in total. The van der Waals surface area contributed by atoms with E-state index < -0.39 is 10.0 Å². The van der Waals surface area contributed by atoms with Gasteiger partial charge in [-0.2, -0.15) is 0 Å². The van der Waals surface area contributed by atoms with Gasteiger partial charge in [-0.25, -0.2) is 8.42 Å². The zero-order valence-corrected chi connectivity index (χ0v) is 20.0. The summed E-state index contributed by atoms with van der Waals surface area (Å²) in [7, 11) is -3.62. The van der Waals surface area contributed by atoms with Gasteiger partial charge in [-0.1, -0.05) is 54.6 Å². The minimum atomic E-state index is -3.62. The first kappa shape index (κ1) is 23.5. The van der Waals surface area contributed by atoms with E-state index in [9.17, 15) is 13.2 Å². The van der Waals surface area contributed by atoms with Crippen LogP contribution in [0.3, 0.4) is 0 Å². The molecule has 3 aromatic rings. The Balaban J connectivity index is 1.94. The van der Waals surface area contributed by atoms with Crippen molar-refractivity contribution in [1.82, 2.24) is 5.32 Å². The topological polar surface area (TPSA) is 66.5 Å². The number of nitrogens with zero attached hydrogens (tertiary/aromatic N) is 1. The molecule has 3 aromatic carbocycles. The zero-order valence-electron chi connectivity index (χ0n) is 19.2. The molecular formula is C26H30N2O3S. The minimum Gasteiger partial charge on any atom is -0.345 e. The van der Waals surface area contributed by atoms with Crippen LogP contribution in [-0.2, 0) is 16.6 Å². The van der Waals surface area contributed by atoms with Crippen molar-refractivity contribution in [3.8, 4) is 0 Å². The van der Waals surface area contributed by atoms with Gasteiger partial charge in [0.05, 0.1) is 30.1 Å². The first-order chi connectivity index (χ1) is 15.1. The van der Waals surface area contributed by atoms with Crippen LogP contribution in [0.1, 0.15) is 51.1 Å². The predicted octanol–water partition coefficient (Wildman–Crippen LogP) is 5.07. The number of amides is 1. The summed E-state index contributed by atoms with van der Waals surface area (Å²) in [6.07, 6.45) is 1.16. The van der Waals surface area contributed by atoms with E-state index in [1.165, 1.54) is 15.4 Å². The monoisotopic (exact) mass is 450 g/mol. The molecule has 0 radical (unpaired) electrons. The highest BCUT2D eigenvalue weighted by Crippen LogP contribution is 2.27. The van der Waals surface area contributed by atoms with Crippen molar-refractivity contribution in [2.45, 2.75) is 40.3 Å². The Morgan fingerprint density at radius 1 is 0.906 bits per heavy atom. The fourth-order valence-corrected chi connectivity index (χ4v) is 4.72. The average molecular weight is 451 g/mol. The molecule has 32 heavy (non-hydrogen) atoms. The first-order valence-corrected chi connectivity index (χ1v) is 12.4. The van der Waals surface area contributed by atoms with Crippen LogP contribution in [0.4, 0.5) is 5.69 Å². The SMILES string of the molecule is Cc1cc(C)c([C@@H](C)NC(=O)c2ccccc2N(Cc2ccccc2)S(C)(=O)=O)cc1C. The number of rotatable bonds is 7. The van der Waals surface area contributed by atoms with Gasteiger partial charge in [0.2, 0.25) is 10.0 Å². The fourth-order valence-electron chi connectivity index (χ4n) is 3.81. The summed E-state index contributed by atoms with van der Waals surface area (Å²) < 4.78 is 26.6. The summed E-state index contributed by atoms with van der Waals surface area (Å²) in [5.41, 5.74) is 6.05. The van der Waals surface area contributed by atoms with Crippen LogP contribution in [0.15, 0.2) is 66.7 Å². The highest BCUT2D eigenvalue weighted by atomic mass is 32.2. The van der Waals surface area contributed by atoms with E-state index in [-0.39, 0.29) is 18.5 Å². The number of aryl methyl sites for hydroxylation is 3. The van der Waals surface area contributed by atoms with Crippen LogP contribution >= 0.6 is 0 Å². The summed E-state index contributed by atoms with van der Waals surface area (Å²) in [4.78, 5) is 13.3. The Hall–Kier alpha value is -3.12. The molecule has 1 amide bonds. The Morgan fingerprint density at radius 2 is 1.50 bits per heavy atom. The van der Waals surface area contributed by atoms with Gasteiger partial charge in [-0.3, -0.25) is 9.10 Å². The van der Waals surface area contributed by atoms with E-state index in [2.05, 4.69) is 31.3 Å². The number of nitrogens with one attached hydrogen (secondary N) is 1. The molecule has 0 spiro atoms. The molecule has 0 saturated heterocycles. The van der Waals surface area contributed by atoms with Gasteiger partial charge in [-0.05, 0) is 67.6 Å². The smallest absolute Gasteiger partial charge is 0.253 e. The van der Waals surface area contributed by atoms with Crippen LogP contribution < -0.4 is 9.62 Å². The molecule has 0 aliphatic carbocycles. The number of carbonyl (C=O) groups excluding carboxylic acids is 1. The summed E-state index contributed by atoms with van der Waals surface area (Å²) in [5, 5.41) is 3.05.